The van der Waals surface area contributed by atoms with Crippen molar-refractivity contribution < 1.29 is 32.4 Å². The van der Waals surface area contributed by atoms with Crippen LogP contribution in [0, 0.1) is 10.1 Å². The highest BCUT2D eigenvalue weighted by atomic mass is 35.5. The number of rotatable bonds is 9. The van der Waals surface area contributed by atoms with Crippen molar-refractivity contribution in [3.8, 4) is 0 Å². The summed E-state index contributed by atoms with van der Waals surface area (Å²) in [6.07, 6.45) is -3.94. The minimum absolute atomic E-state index is 0.0422. The summed E-state index contributed by atoms with van der Waals surface area (Å²) in [4.78, 5) is 34.3. The number of anilines is 2. The first-order valence-electron chi connectivity index (χ1n) is 13.8. The molecule has 0 saturated carbocycles. The number of fused-ring (bicyclic) bond motifs is 1. The number of methoxy groups -OCH3 is 1. The average molecular weight is 619 g/mol. The Balaban J connectivity index is 0.00000148. The Morgan fingerprint density at radius 3 is 2.38 bits per heavy atom. The number of carbonyl (C=O) groups excluding carboxylic acids is 1. The van der Waals surface area contributed by atoms with Crippen molar-refractivity contribution >= 4 is 35.0 Å². The van der Waals surface area contributed by atoms with E-state index < -0.39 is 28.0 Å². The van der Waals surface area contributed by atoms with Gasteiger partial charge in [-0.3, -0.25) is 14.9 Å². The molecule has 1 saturated heterocycles. The predicted molar refractivity (Wildman–Crippen MR) is 153 cm³/mol. The van der Waals surface area contributed by atoms with E-state index in [2.05, 4.69) is 20.6 Å². The Morgan fingerprint density at radius 1 is 1.14 bits per heavy atom. The van der Waals surface area contributed by atoms with Gasteiger partial charge in [0.25, 0.3) is 11.6 Å². The highest BCUT2D eigenvalue weighted by molar-refractivity contribution is 6.18. The van der Waals surface area contributed by atoms with Crippen molar-refractivity contribution in [1.29, 1.82) is 0 Å². The molecular weight excluding hydrogens is 581 g/mol. The molecule has 2 aromatic rings. The van der Waals surface area contributed by atoms with Crippen molar-refractivity contribution in [2.24, 2.45) is 0 Å². The average Bonchev–Trinajstić information content (AvgIpc) is 3.44. The lowest BCUT2D eigenvalue weighted by molar-refractivity contribution is -0.385. The number of carbonyl (C=O) groups is 1. The van der Waals surface area contributed by atoms with E-state index in [1.54, 1.807) is 4.90 Å². The van der Waals surface area contributed by atoms with Gasteiger partial charge in [0, 0.05) is 69.8 Å². The van der Waals surface area contributed by atoms with Crippen LogP contribution in [-0.4, -0.2) is 64.0 Å². The largest absolute Gasteiger partial charge is 0.416 e. The fourth-order valence-corrected chi connectivity index (χ4v) is 4.60. The predicted octanol–water partition coefficient (Wildman–Crippen LogP) is 5.76. The molecule has 234 valence electrons. The van der Waals surface area contributed by atoms with Crippen LogP contribution in [0.5, 0.6) is 0 Å². The highest BCUT2D eigenvalue weighted by Crippen LogP contribution is 2.35. The van der Waals surface area contributed by atoms with Gasteiger partial charge in [-0.25, -0.2) is 4.98 Å². The summed E-state index contributed by atoms with van der Waals surface area (Å²) in [6.45, 7) is 9.29. The van der Waals surface area contributed by atoms with Crippen LogP contribution in [0.15, 0.2) is 18.2 Å². The van der Waals surface area contributed by atoms with Crippen LogP contribution in [0.1, 0.15) is 62.9 Å². The lowest BCUT2D eigenvalue weighted by Crippen LogP contribution is -2.51. The van der Waals surface area contributed by atoms with Crippen molar-refractivity contribution in [3.63, 3.8) is 0 Å². The van der Waals surface area contributed by atoms with Gasteiger partial charge in [-0.15, -0.1) is 11.6 Å². The van der Waals surface area contributed by atoms with E-state index >= 15 is 0 Å². The third kappa shape index (κ3) is 8.42. The van der Waals surface area contributed by atoms with Gasteiger partial charge in [-0.05, 0) is 11.6 Å². The smallest absolute Gasteiger partial charge is 0.381 e. The molecule has 2 aliphatic heterocycles. The number of hydrogen-bond acceptors (Lipinski definition) is 9. The summed E-state index contributed by atoms with van der Waals surface area (Å²) in [5.41, 5.74) is -1.62. The minimum Gasteiger partial charge on any atom is -0.381 e. The molecule has 3 heterocycles. The standard InChI is InChI=1S/C23H26ClF3N6O5.2C2H6/c1-37-22(2-6-38-7-3-22)20(34)32-12-17-18(13-32)30-21(28-5-4-24)31-19(17)29-11-14-8-15(23(25,26)27)10-16(9-14)33(35)36;2*1-2/h8-10H,2-7,11-13H2,1H3,(H2,28,29,30,31);2*1-2H3. The number of nitrogens with zero attached hydrogens (tertiary/aromatic N) is 4. The molecule has 15 heteroatoms. The van der Waals surface area contributed by atoms with E-state index in [0.29, 0.717) is 55.7 Å². The number of halogens is 4. The Hall–Kier alpha value is -3.23. The maximum absolute atomic E-state index is 13.5. The maximum Gasteiger partial charge on any atom is 0.416 e. The van der Waals surface area contributed by atoms with Crippen molar-refractivity contribution in [2.75, 3.05) is 43.4 Å². The van der Waals surface area contributed by atoms with Gasteiger partial charge in [0.05, 0.1) is 29.3 Å². The maximum atomic E-state index is 13.5. The Labute approximate surface area is 248 Å². The van der Waals surface area contributed by atoms with E-state index in [0.717, 1.165) is 12.1 Å². The van der Waals surface area contributed by atoms with Crippen LogP contribution >= 0.6 is 11.6 Å². The second-order valence-corrected chi connectivity index (χ2v) is 9.28. The third-order valence-corrected chi connectivity index (χ3v) is 6.69. The summed E-state index contributed by atoms with van der Waals surface area (Å²) in [7, 11) is 1.49. The van der Waals surface area contributed by atoms with Crippen LogP contribution in [0.4, 0.5) is 30.6 Å². The van der Waals surface area contributed by atoms with E-state index in [-0.39, 0.29) is 42.9 Å². The molecule has 2 N–H and O–H groups in total. The topological polar surface area (TPSA) is 132 Å². The zero-order valence-electron chi connectivity index (χ0n) is 24.4. The molecule has 11 nitrogen and oxygen atoms in total. The fraction of sp³-hybridized carbons (Fsp3) is 0.593. The number of non-ortho nitro benzene ring substituents is 1. The van der Waals surface area contributed by atoms with Gasteiger partial charge < -0.3 is 25.0 Å². The number of benzene rings is 1. The molecule has 4 rings (SSSR count). The second-order valence-electron chi connectivity index (χ2n) is 8.91. The number of amides is 1. The zero-order chi connectivity index (χ0) is 31.5. The lowest BCUT2D eigenvalue weighted by Gasteiger charge is -2.37. The van der Waals surface area contributed by atoms with Gasteiger partial charge in [0.2, 0.25) is 5.95 Å². The second kappa shape index (κ2) is 15.8. The number of aromatic nitrogens is 2. The monoisotopic (exact) mass is 618 g/mol. The molecule has 1 aromatic heterocycles. The molecule has 0 atom stereocenters. The molecule has 1 aromatic carbocycles. The van der Waals surface area contributed by atoms with Gasteiger partial charge in [0.1, 0.15) is 5.82 Å². The fourth-order valence-electron chi connectivity index (χ4n) is 4.51. The Bertz CT molecular complexity index is 1210. The number of nitro groups is 1. The zero-order valence-corrected chi connectivity index (χ0v) is 25.2. The van der Waals surface area contributed by atoms with Crippen LogP contribution in [0.2, 0.25) is 0 Å². The number of nitro benzene ring substituents is 1. The SMILES string of the molecule is CC.CC.COC1(C(=O)N2Cc3nc(NCCCl)nc(NCc4cc([N+](=O)[O-])cc(C(F)(F)F)c4)c3C2)CCOCC1. The number of ether oxygens (including phenoxy) is 2. The van der Waals surface area contributed by atoms with E-state index in [1.165, 1.54) is 7.11 Å². The number of nitrogens with one attached hydrogen (secondary N) is 2. The molecule has 0 aliphatic carbocycles. The highest BCUT2D eigenvalue weighted by Gasteiger charge is 2.45. The van der Waals surface area contributed by atoms with E-state index in [1.807, 2.05) is 27.7 Å². The van der Waals surface area contributed by atoms with Crippen LogP contribution in [-0.2, 0) is 40.1 Å². The van der Waals surface area contributed by atoms with Crippen LogP contribution in [0.25, 0.3) is 0 Å². The van der Waals surface area contributed by atoms with Gasteiger partial charge in [-0.1, -0.05) is 27.7 Å². The normalized spacial score (nSPS) is 15.4. The molecule has 0 radical (unpaired) electrons. The van der Waals surface area contributed by atoms with Crippen molar-refractivity contribution in [3.05, 3.63) is 50.7 Å². The first-order chi connectivity index (χ1) is 20.1. The summed E-state index contributed by atoms with van der Waals surface area (Å²) in [6, 6.07) is 2.41. The van der Waals surface area contributed by atoms with Gasteiger partial charge in [-0.2, -0.15) is 18.2 Å². The summed E-state index contributed by atoms with van der Waals surface area (Å²) in [5.74, 6) is 0.584. The molecular formula is C27H38ClF3N6O5. The molecule has 1 amide bonds. The number of hydrogen-bond donors (Lipinski definition) is 2. The summed E-state index contributed by atoms with van der Waals surface area (Å²) < 4.78 is 51.0. The lowest BCUT2D eigenvalue weighted by atomic mass is 9.92. The molecule has 2 aliphatic rings. The first-order valence-corrected chi connectivity index (χ1v) is 14.3. The summed E-state index contributed by atoms with van der Waals surface area (Å²) in [5, 5.41) is 17.2. The number of alkyl halides is 4. The quantitative estimate of drug-likeness (QED) is 0.205. The van der Waals surface area contributed by atoms with Crippen molar-refractivity contribution in [1.82, 2.24) is 14.9 Å². The van der Waals surface area contributed by atoms with Crippen LogP contribution < -0.4 is 10.6 Å². The van der Waals surface area contributed by atoms with Crippen LogP contribution in [0.3, 0.4) is 0 Å². The minimum atomic E-state index is -4.75. The molecule has 1 fully saturated rings. The van der Waals surface area contributed by atoms with E-state index in [4.69, 9.17) is 21.1 Å². The summed E-state index contributed by atoms with van der Waals surface area (Å²) >= 11 is 5.77. The third-order valence-electron chi connectivity index (χ3n) is 6.50. The molecule has 42 heavy (non-hydrogen) atoms. The molecule has 0 spiro atoms. The van der Waals surface area contributed by atoms with Gasteiger partial charge >= 0.3 is 6.18 Å². The van der Waals surface area contributed by atoms with Crippen molar-refractivity contribution in [2.45, 2.75) is 71.9 Å². The van der Waals surface area contributed by atoms with Gasteiger partial charge in [0.15, 0.2) is 5.60 Å². The Morgan fingerprint density at radius 2 is 1.81 bits per heavy atom. The molecule has 0 bridgehead atoms. The first kappa shape index (κ1) is 35.0. The Kier molecular flexibility index (Phi) is 13.2. The van der Waals surface area contributed by atoms with E-state index in [9.17, 15) is 28.1 Å². The molecule has 0 unspecified atom stereocenters.